The number of ether oxygens (including phenoxy) is 1. The molecule has 0 radical (unpaired) electrons. The molecule has 0 aliphatic rings. The average molecular weight is 393 g/mol. The minimum absolute atomic E-state index is 0.0316. The lowest BCUT2D eigenvalue weighted by molar-refractivity contribution is 0.0994. The van der Waals surface area contributed by atoms with E-state index in [4.69, 9.17) is 9.15 Å². The van der Waals surface area contributed by atoms with Crippen molar-refractivity contribution in [3.05, 3.63) is 59.8 Å². The van der Waals surface area contributed by atoms with Crippen molar-refractivity contribution in [2.24, 2.45) is 0 Å². The van der Waals surface area contributed by atoms with E-state index in [0.29, 0.717) is 16.7 Å². The first-order valence-corrected chi connectivity index (χ1v) is 9.71. The number of carbonyl (C=O) groups is 1. The Hall–Kier alpha value is -3.06. The number of fused-ring (bicyclic) bond motifs is 1. The standard InChI is InChI=1S/C21H19N3O3S/c1-12-18(16-6-4-5-7-17(16)22-12)19(25)13(2)28-21-24-23-20(27-21)14-8-10-15(26-3)11-9-14/h4-11,13,22H,1-3H3/t13-/m0/s1. The van der Waals surface area contributed by atoms with Crippen LogP contribution in [-0.2, 0) is 0 Å². The Kier molecular flexibility index (Phi) is 4.92. The molecule has 2 heterocycles. The van der Waals surface area contributed by atoms with Crippen molar-refractivity contribution in [2.75, 3.05) is 7.11 Å². The van der Waals surface area contributed by atoms with Crippen LogP contribution in [0.1, 0.15) is 23.0 Å². The van der Waals surface area contributed by atoms with Crippen molar-refractivity contribution < 1.29 is 13.9 Å². The van der Waals surface area contributed by atoms with Gasteiger partial charge in [-0.05, 0) is 44.2 Å². The number of rotatable bonds is 6. The van der Waals surface area contributed by atoms with Crippen molar-refractivity contribution in [1.29, 1.82) is 0 Å². The van der Waals surface area contributed by atoms with E-state index in [1.165, 1.54) is 11.8 Å². The van der Waals surface area contributed by atoms with Gasteiger partial charge in [0.2, 0.25) is 5.89 Å². The summed E-state index contributed by atoms with van der Waals surface area (Å²) in [7, 11) is 1.62. The second kappa shape index (κ2) is 7.52. The van der Waals surface area contributed by atoms with Gasteiger partial charge >= 0.3 is 0 Å². The second-order valence-electron chi connectivity index (χ2n) is 6.40. The Morgan fingerprint density at radius 2 is 1.89 bits per heavy atom. The van der Waals surface area contributed by atoms with Gasteiger partial charge < -0.3 is 14.1 Å². The Labute approximate surface area is 166 Å². The van der Waals surface area contributed by atoms with Crippen LogP contribution in [0.15, 0.2) is 58.2 Å². The predicted octanol–water partition coefficient (Wildman–Crippen LogP) is 4.90. The van der Waals surface area contributed by atoms with E-state index in [1.807, 2.05) is 62.4 Å². The van der Waals surface area contributed by atoms with Gasteiger partial charge in [0.25, 0.3) is 5.22 Å². The van der Waals surface area contributed by atoms with E-state index >= 15 is 0 Å². The van der Waals surface area contributed by atoms with Crippen LogP contribution in [-0.4, -0.2) is 33.3 Å². The minimum atomic E-state index is -0.359. The highest BCUT2D eigenvalue weighted by molar-refractivity contribution is 8.00. The first-order chi connectivity index (χ1) is 13.6. The summed E-state index contributed by atoms with van der Waals surface area (Å²) in [4.78, 5) is 16.3. The zero-order chi connectivity index (χ0) is 19.7. The molecule has 7 heteroatoms. The van der Waals surface area contributed by atoms with Crippen LogP contribution in [0, 0.1) is 6.92 Å². The van der Waals surface area contributed by atoms with Gasteiger partial charge in [-0.3, -0.25) is 4.79 Å². The van der Waals surface area contributed by atoms with Crippen LogP contribution < -0.4 is 4.74 Å². The van der Waals surface area contributed by atoms with Gasteiger partial charge in [-0.1, -0.05) is 30.0 Å². The first kappa shape index (κ1) is 18.3. The molecule has 0 bridgehead atoms. The number of thioether (sulfide) groups is 1. The number of ketones is 1. The van der Waals surface area contributed by atoms with Gasteiger partial charge in [-0.25, -0.2) is 0 Å². The van der Waals surface area contributed by atoms with E-state index in [2.05, 4.69) is 15.2 Å². The lowest BCUT2D eigenvalue weighted by Crippen LogP contribution is -2.14. The summed E-state index contributed by atoms with van der Waals surface area (Å²) in [5.74, 6) is 1.20. The van der Waals surface area contributed by atoms with Gasteiger partial charge in [0.1, 0.15) is 5.75 Å². The largest absolute Gasteiger partial charge is 0.497 e. The Morgan fingerprint density at radius 3 is 2.64 bits per heavy atom. The number of aromatic amines is 1. The SMILES string of the molecule is COc1ccc(-c2nnc(S[C@@H](C)C(=O)c3c(C)[nH]c4ccccc34)o2)cc1. The molecule has 4 aromatic rings. The molecule has 2 aromatic heterocycles. The highest BCUT2D eigenvalue weighted by Crippen LogP contribution is 2.31. The molecule has 4 rings (SSSR count). The maximum atomic E-state index is 13.0. The molecule has 0 aliphatic carbocycles. The van der Waals surface area contributed by atoms with Gasteiger partial charge in [-0.2, -0.15) is 0 Å². The fourth-order valence-corrected chi connectivity index (χ4v) is 3.85. The summed E-state index contributed by atoms with van der Waals surface area (Å²) in [5.41, 5.74) is 3.33. The maximum Gasteiger partial charge on any atom is 0.277 e. The number of carbonyl (C=O) groups excluding carboxylic acids is 1. The average Bonchev–Trinajstić information content (AvgIpc) is 3.31. The molecule has 28 heavy (non-hydrogen) atoms. The molecule has 0 spiro atoms. The molecule has 0 fully saturated rings. The number of aromatic nitrogens is 3. The number of H-pyrrole nitrogens is 1. The third-order valence-electron chi connectivity index (χ3n) is 4.53. The van der Waals surface area contributed by atoms with Crippen molar-refractivity contribution >= 4 is 28.4 Å². The Morgan fingerprint density at radius 1 is 1.14 bits per heavy atom. The number of aryl methyl sites for hydroxylation is 1. The summed E-state index contributed by atoms with van der Waals surface area (Å²) in [6.07, 6.45) is 0. The van der Waals surface area contributed by atoms with E-state index in [-0.39, 0.29) is 11.0 Å². The number of nitrogens with zero attached hydrogens (tertiary/aromatic N) is 2. The van der Waals surface area contributed by atoms with Gasteiger partial charge in [0, 0.05) is 27.7 Å². The second-order valence-corrected chi connectivity index (χ2v) is 7.69. The Balaban J connectivity index is 1.53. The summed E-state index contributed by atoms with van der Waals surface area (Å²) >= 11 is 1.26. The normalized spacial score (nSPS) is 12.2. The van der Waals surface area contributed by atoms with E-state index < -0.39 is 0 Å². The van der Waals surface area contributed by atoms with Gasteiger partial charge in [0.05, 0.1) is 12.4 Å². The summed E-state index contributed by atoms with van der Waals surface area (Å²) in [6.45, 7) is 3.77. The number of hydrogen-bond donors (Lipinski definition) is 1. The summed E-state index contributed by atoms with van der Waals surface area (Å²) in [5, 5.41) is 9.11. The van der Waals surface area contributed by atoms with Crippen LogP contribution >= 0.6 is 11.8 Å². The highest BCUT2D eigenvalue weighted by atomic mass is 32.2. The molecule has 0 saturated carbocycles. The number of Topliss-reactive ketones (excluding diaryl/α,β-unsaturated/α-hetero) is 1. The molecular formula is C21H19N3O3S. The minimum Gasteiger partial charge on any atom is -0.497 e. The number of methoxy groups -OCH3 is 1. The third-order valence-corrected chi connectivity index (χ3v) is 5.46. The fraction of sp³-hybridized carbons (Fsp3) is 0.190. The third kappa shape index (κ3) is 3.41. The van der Waals surface area contributed by atoms with Crippen LogP contribution in [0.5, 0.6) is 5.75 Å². The van der Waals surface area contributed by atoms with Crippen molar-refractivity contribution in [3.8, 4) is 17.2 Å². The molecule has 142 valence electrons. The van der Waals surface area contributed by atoms with E-state index in [1.54, 1.807) is 7.11 Å². The van der Waals surface area contributed by atoms with Gasteiger partial charge in [0.15, 0.2) is 5.78 Å². The van der Waals surface area contributed by atoms with Crippen LogP contribution in [0.25, 0.3) is 22.4 Å². The number of nitrogens with one attached hydrogen (secondary N) is 1. The summed E-state index contributed by atoms with van der Waals surface area (Å²) < 4.78 is 10.9. The molecule has 2 aromatic carbocycles. The van der Waals surface area contributed by atoms with E-state index in [9.17, 15) is 4.79 Å². The van der Waals surface area contributed by atoms with Crippen molar-refractivity contribution in [2.45, 2.75) is 24.3 Å². The maximum absolute atomic E-state index is 13.0. The monoisotopic (exact) mass is 393 g/mol. The molecule has 0 unspecified atom stereocenters. The molecule has 0 aliphatic heterocycles. The molecule has 1 atom stereocenters. The molecule has 0 amide bonds. The molecule has 0 saturated heterocycles. The lowest BCUT2D eigenvalue weighted by Gasteiger charge is -2.07. The molecule has 1 N–H and O–H groups in total. The van der Waals surface area contributed by atoms with Crippen molar-refractivity contribution in [1.82, 2.24) is 15.2 Å². The quantitative estimate of drug-likeness (QED) is 0.371. The number of para-hydroxylation sites is 1. The summed E-state index contributed by atoms with van der Waals surface area (Å²) in [6, 6.07) is 15.2. The lowest BCUT2D eigenvalue weighted by atomic mass is 10.1. The molecular weight excluding hydrogens is 374 g/mol. The van der Waals surface area contributed by atoms with Crippen LogP contribution in [0.2, 0.25) is 0 Å². The highest BCUT2D eigenvalue weighted by Gasteiger charge is 2.24. The Bertz CT molecular complexity index is 1130. The smallest absolute Gasteiger partial charge is 0.277 e. The topological polar surface area (TPSA) is 81.0 Å². The van der Waals surface area contributed by atoms with Crippen molar-refractivity contribution in [3.63, 3.8) is 0 Å². The first-order valence-electron chi connectivity index (χ1n) is 8.83. The predicted molar refractivity (Wildman–Crippen MR) is 109 cm³/mol. The zero-order valence-electron chi connectivity index (χ0n) is 15.7. The van der Waals surface area contributed by atoms with Crippen LogP contribution in [0.3, 0.4) is 0 Å². The molecule has 6 nitrogen and oxygen atoms in total. The zero-order valence-corrected chi connectivity index (χ0v) is 16.5. The van der Waals surface area contributed by atoms with Crippen LogP contribution in [0.4, 0.5) is 0 Å². The fourth-order valence-electron chi connectivity index (χ4n) is 3.11. The number of benzene rings is 2. The number of hydrogen-bond acceptors (Lipinski definition) is 6. The van der Waals surface area contributed by atoms with Gasteiger partial charge in [-0.15, -0.1) is 10.2 Å². The van der Waals surface area contributed by atoms with E-state index in [0.717, 1.165) is 27.9 Å².